The molecule has 0 fully saturated rings. The SMILES string of the molecule is C[Si](C)(C)C1=CC([Si](C)(C)C)=C1[Si](C)(C)C. The second kappa shape index (κ2) is 3.82. The third-order valence-corrected chi connectivity index (χ3v) is 9.75. The fourth-order valence-electron chi connectivity index (χ4n) is 2.35. The molecule has 0 aromatic carbocycles. The highest BCUT2D eigenvalue weighted by molar-refractivity contribution is 6.96. The number of hydrogen-bond donors (Lipinski definition) is 0. The number of hydrogen-bond acceptors (Lipinski definition) is 0. The molecule has 1 rings (SSSR count). The summed E-state index contributed by atoms with van der Waals surface area (Å²) in [5.74, 6) is 0. The van der Waals surface area contributed by atoms with Crippen LogP contribution in [0.3, 0.4) is 0 Å². The van der Waals surface area contributed by atoms with Gasteiger partial charge in [-0.25, -0.2) is 0 Å². The second-order valence-electron chi connectivity index (χ2n) is 8.10. The predicted octanol–water partition coefficient (Wildman–Crippen LogP) is 4.86. The summed E-state index contributed by atoms with van der Waals surface area (Å²) in [6, 6.07) is 0. The first kappa shape index (κ1) is 14.2. The van der Waals surface area contributed by atoms with Gasteiger partial charge in [-0.2, -0.15) is 0 Å². The fourth-order valence-corrected chi connectivity index (χ4v) is 11.8. The van der Waals surface area contributed by atoms with Gasteiger partial charge in [0.25, 0.3) is 0 Å². The van der Waals surface area contributed by atoms with Crippen molar-refractivity contribution in [2.45, 2.75) is 58.9 Å². The Labute approximate surface area is 105 Å². The molecule has 0 nitrogen and oxygen atoms in total. The van der Waals surface area contributed by atoms with Crippen molar-refractivity contribution in [2.75, 3.05) is 0 Å². The van der Waals surface area contributed by atoms with E-state index in [9.17, 15) is 0 Å². The topological polar surface area (TPSA) is 0 Å². The zero-order chi connectivity index (χ0) is 12.9. The van der Waals surface area contributed by atoms with Crippen molar-refractivity contribution in [3.8, 4) is 0 Å². The summed E-state index contributed by atoms with van der Waals surface area (Å²) in [5, 5.41) is 5.42. The van der Waals surface area contributed by atoms with Gasteiger partial charge < -0.3 is 0 Å². The highest BCUT2D eigenvalue weighted by atomic mass is 28.3. The molecule has 0 aromatic heterocycles. The molecular formula is C13H28Si3. The highest BCUT2D eigenvalue weighted by Crippen LogP contribution is 2.43. The van der Waals surface area contributed by atoms with Crippen LogP contribution in [0.15, 0.2) is 21.7 Å². The average molecular weight is 269 g/mol. The Bertz CT molecular complexity index is 354. The van der Waals surface area contributed by atoms with E-state index in [1.807, 2.05) is 5.20 Å². The van der Waals surface area contributed by atoms with Crippen LogP contribution in [0.5, 0.6) is 0 Å². The molecular weight excluding hydrogens is 240 g/mol. The van der Waals surface area contributed by atoms with E-state index in [0.29, 0.717) is 0 Å². The largest absolute Gasteiger partial charge is 0.0774 e. The Morgan fingerprint density at radius 3 is 1.31 bits per heavy atom. The Hall–Kier alpha value is 0.131. The summed E-state index contributed by atoms with van der Waals surface area (Å²) in [6.45, 7) is 22.4. The number of rotatable bonds is 3. The molecule has 3 heteroatoms. The van der Waals surface area contributed by atoms with E-state index >= 15 is 0 Å². The molecule has 0 radical (unpaired) electrons. The zero-order valence-corrected chi connectivity index (χ0v) is 15.6. The smallest absolute Gasteiger partial charge is 0.0656 e. The Morgan fingerprint density at radius 2 is 1.06 bits per heavy atom. The van der Waals surface area contributed by atoms with E-state index in [0.717, 1.165) is 0 Å². The van der Waals surface area contributed by atoms with Crippen LogP contribution < -0.4 is 0 Å². The molecule has 0 bridgehead atoms. The molecule has 16 heavy (non-hydrogen) atoms. The van der Waals surface area contributed by atoms with Crippen molar-refractivity contribution in [3.63, 3.8) is 0 Å². The van der Waals surface area contributed by atoms with Crippen molar-refractivity contribution in [3.05, 3.63) is 21.7 Å². The van der Waals surface area contributed by atoms with E-state index in [2.05, 4.69) is 65.0 Å². The summed E-state index contributed by atoms with van der Waals surface area (Å²) < 4.78 is 0. The molecule has 0 atom stereocenters. The van der Waals surface area contributed by atoms with Crippen molar-refractivity contribution in [1.82, 2.24) is 0 Å². The van der Waals surface area contributed by atoms with Crippen molar-refractivity contribution in [1.29, 1.82) is 0 Å². The van der Waals surface area contributed by atoms with Crippen LogP contribution in [-0.2, 0) is 0 Å². The maximum absolute atomic E-state index is 2.58. The molecule has 0 unspecified atom stereocenters. The van der Waals surface area contributed by atoms with Gasteiger partial charge in [0.2, 0.25) is 0 Å². The van der Waals surface area contributed by atoms with E-state index < -0.39 is 24.2 Å². The number of allylic oxidation sites excluding steroid dienone is 4. The van der Waals surface area contributed by atoms with Crippen LogP contribution in [0.1, 0.15) is 0 Å². The summed E-state index contributed by atoms with van der Waals surface area (Å²) in [5.41, 5.74) is 0. The highest BCUT2D eigenvalue weighted by Gasteiger charge is 2.40. The summed E-state index contributed by atoms with van der Waals surface area (Å²) in [6.07, 6.45) is 2.58. The lowest BCUT2D eigenvalue weighted by Crippen LogP contribution is -2.44. The standard InChI is InChI=1S/C13H28Si3/c1-14(2,3)11-10-12(15(4,5)6)13(11)16(7,8)9/h10H,1-9H3. The average Bonchev–Trinajstić information content (AvgIpc) is 1.68. The monoisotopic (exact) mass is 268 g/mol. The molecule has 0 N–H and O–H groups in total. The normalized spacial score (nSPS) is 18.4. The molecule has 0 aromatic rings. The van der Waals surface area contributed by atoms with Gasteiger partial charge in [-0.3, -0.25) is 0 Å². The Balaban J connectivity index is 3.20. The lowest BCUT2D eigenvalue weighted by Gasteiger charge is -2.43. The summed E-state index contributed by atoms with van der Waals surface area (Å²) in [7, 11) is -3.35. The fraction of sp³-hybridized carbons (Fsp3) is 0.692. The van der Waals surface area contributed by atoms with Gasteiger partial charge in [-0.05, 0) is 0 Å². The lowest BCUT2D eigenvalue weighted by molar-refractivity contribution is 1.41. The lowest BCUT2D eigenvalue weighted by atomic mass is 10.3. The van der Waals surface area contributed by atoms with Gasteiger partial charge in [0, 0.05) is 0 Å². The molecule has 0 amide bonds. The van der Waals surface area contributed by atoms with E-state index in [1.165, 1.54) is 0 Å². The molecule has 0 saturated carbocycles. The molecule has 0 saturated heterocycles. The van der Waals surface area contributed by atoms with Crippen LogP contribution >= 0.6 is 0 Å². The maximum atomic E-state index is 2.58. The molecule has 1 aliphatic rings. The summed E-state index contributed by atoms with van der Waals surface area (Å²) in [4.78, 5) is 0. The molecule has 0 spiro atoms. The van der Waals surface area contributed by atoms with E-state index in [-0.39, 0.29) is 0 Å². The molecule has 1 aliphatic carbocycles. The Morgan fingerprint density at radius 1 is 0.625 bits per heavy atom. The molecule has 0 heterocycles. The first-order chi connectivity index (χ1) is 6.85. The van der Waals surface area contributed by atoms with Crippen molar-refractivity contribution >= 4 is 24.2 Å². The van der Waals surface area contributed by atoms with Crippen LogP contribution in [0.2, 0.25) is 58.9 Å². The van der Waals surface area contributed by atoms with Gasteiger partial charge in [-0.1, -0.05) is 80.6 Å². The first-order valence-electron chi connectivity index (χ1n) is 6.33. The van der Waals surface area contributed by atoms with Gasteiger partial charge >= 0.3 is 0 Å². The first-order valence-corrected chi connectivity index (χ1v) is 16.8. The second-order valence-corrected chi connectivity index (χ2v) is 23.2. The summed E-state index contributed by atoms with van der Waals surface area (Å²) >= 11 is 0. The van der Waals surface area contributed by atoms with Gasteiger partial charge in [-0.15, -0.1) is 0 Å². The third-order valence-electron chi connectivity index (χ3n) is 3.19. The van der Waals surface area contributed by atoms with Crippen LogP contribution in [0.4, 0.5) is 0 Å². The quantitative estimate of drug-likeness (QED) is 0.642. The zero-order valence-electron chi connectivity index (χ0n) is 12.6. The van der Waals surface area contributed by atoms with Crippen molar-refractivity contribution < 1.29 is 0 Å². The maximum Gasteiger partial charge on any atom is 0.0774 e. The van der Waals surface area contributed by atoms with Gasteiger partial charge in [0.1, 0.15) is 0 Å². The van der Waals surface area contributed by atoms with E-state index in [1.54, 1.807) is 10.4 Å². The van der Waals surface area contributed by atoms with Crippen LogP contribution in [0, 0.1) is 0 Å². The van der Waals surface area contributed by atoms with Crippen LogP contribution in [-0.4, -0.2) is 24.2 Å². The molecule has 92 valence electrons. The predicted molar refractivity (Wildman–Crippen MR) is 85.1 cm³/mol. The van der Waals surface area contributed by atoms with Crippen LogP contribution in [0.25, 0.3) is 0 Å². The minimum Gasteiger partial charge on any atom is -0.0656 e. The minimum atomic E-state index is -1.14. The molecule has 0 aliphatic heterocycles. The van der Waals surface area contributed by atoms with Gasteiger partial charge in [0.05, 0.1) is 24.2 Å². The minimum absolute atomic E-state index is 1.11. The third kappa shape index (κ3) is 2.68. The van der Waals surface area contributed by atoms with Gasteiger partial charge in [0.15, 0.2) is 0 Å². The van der Waals surface area contributed by atoms with Crippen molar-refractivity contribution in [2.24, 2.45) is 0 Å². The van der Waals surface area contributed by atoms with E-state index in [4.69, 9.17) is 0 Å². The Kier molecular flexibility index (Phi) is 3.39.